The van der Waals surface area contributed by atoms with Crippen molar-refractivity contribution >= 4 is 22.7 Å². The summed E-state index contributed by atoms with van der Waals surface area (Å²) >= 11 is 0. The second-order valence-electron chi connectivity index (χ2n) is 7.71. The molecule has 4 aromatic rings. The average molecular weight is 497 g/mol. The fourth-order valence-electron chi connectivity index (χ4n) is 3.85. The monoisotopic (exact) mass is 497 g/mol. The lowest BCUT2D eigenvalue weighted by atomic mass is 9.92. The zero-order valence-corrected chi connectivity index (χ0v) is 18.4. The van der Waals surface area contributed by atoms with Gasteiger partial charge in [-0.15, -0.1) is 0 Å². The van der Waals surface area contributed by atoms with Gasteiger partial charge in [0.2, 0.25) is 5.91 Å². The minimum absolute atomic E-state index is 0.0714. The van der Waals surface area contributed by atoms with Crippen LogP contribution in [0.1, 0.15) is 43.5 Å². The molecule has 1 aromatic carbocycles. The summed E-state index contributed by atoms with van der Waals surface area (Å²) < 4.78 is 57.3. The number of carbonyl (C=O) groups excluding carboxylic acids is 2. The van der Waals surface area contributed by atoms with Crippen molar-refractivity contribution in [3.05, 3.63) is 76.2 Å². The average Bonchev–Trinajstić information content (AvgIpc) is 3.14. The number of nitrogens with zero attached hydrogens (tertiary/aromatic N) is 5. The minimum Gasteiger partial charge on any atom is -0.366 e. The summed E-state index contributed by atoms with van der Waals surface area (Å²) in [5.41, 5.74) is 7.42. The lowest BCUT2D eigenvalue weighted by Crippen LogP contribution is -2.21. The van der Waals surface area contributed by atoms with Crippen LogP contribution in [0.25, 0.3) is 22.0 Å². The Morgan fingerprint density at radius 2 is 1.83 bits per heavy atom. The Morgan fingerprint density at radius 3 is 2.39 bits per heavy atom. The number of halogens is 4. The third kappa shape index (κ3) is 4.20. The molecule has 0 spiro atoms. The molecule has 0 aliphatic carbocycles. The van der Waals surface area contributed by atoms with Crippen LogP contribution in [0.5, 0.6) is 0 Å². The maximum absolute atomic E-state index is 14.2. The third-order valence-corrected chi connectivity index (χ3v) is 5.42. The summed E-state index contributed by atoms with van der Waals surface area (Å²) in [5, 5.41) is 12.5. The highest BCUT2D eigenvalue weighted by Gasteiger charge is 2.41. The first-order valence-electron chi connectivity index (χ1n) is 10.1. The van der Waals surface area contributed by atoms with Crippen LogP contribution in [-0.2, 0) is 12.7 Å². The van der Waals surface area contributed by atoms with E-state index >= 15 is 0 Å². The van der Waals surface area contributed by atoms with Gasteiger partial charge in [-0.05, 0) is 31.2 Å². The van der Waals surface area contributed by atoms with Crippen LogP contribution < -0.4 is 11.5 Å². The molecule has 182 valence electrons. The van der Waals surface area contributed by atoms with Crippen LogP contribution in [0.15, 0.2) is 36.5 Å². The second kappa shape index (κ2) is 8.73. The van der Waals surface area contributed by atoms with Crippen LogP contribution in [0.2, 0.25) is 0 Å². The first-order valence-corrected chi connectivity index (χ1v) is 10.1. The molecule has 0 bridgehead atoms. The number of primary amides is 2. The van der Waals surface area contributed by atoms with E-state index in [0.29, 0.717) is 0 Å². The summed E-state index contributed by atoms with van der Waals surface area (Å²) in [5.74, 6) is -3.20. The molecule has 4 rings (SSSR count). The highest BCUT2D eigenvalue weighted by Crippen LogP contribution is 2.42. The predicted octanol–water partition coefficient (Wildman–Crippen LogP) is 3.08. The Kier molecular flexibility index (Phi) is 5.89. The zero-order valence-electron chi connectivity index (χ0n) is 18.4. The van der Waals surface area contributed by atoms with Crippen molar-refractivity contribution in [1.82, 2.24) is 19.7 Å². The van der Waals surface area contributed by atoms with Gasteiger partial charge in [0.25, 0.3) is 5.91 Å². The molecule has 9 nitrogen and oxygen atoms in total. The van der Waals surface area contributed by atoms with Crippen molar-refractivity contribution in [2.45, 2.75) is 19.6 Å². The molecule has 0 radical (unpaired) electrons. The van der Waals surface area contributed by atoms with Crippen LogP contribution in [0.3, 0.4) is 0 Å². The van der Waals surface area contributed by atoms with Gasteiger partial charge in [0, 0.05) is 34.5 Å². The van der Waals surface area contributed by atoms with Crippen molar-refractivity contribution in [2.75, 3.05) is 0 Å². The first kappa shape index (κ1) is 24.3. The quantitative estimate of drug-likeness (QED) is 0.404. The summed E-state index contributed by atoms with van der Waals surface area (Å²) in [4.78, 5) is 32.8. The van der Waals surface area contributed by atoms with Crippen molar-refractivity contribution in [3.63, 3.8) is 0 Å². The van der Waals surface area contributed by atoms with E-state index in [2.05, 4.69) is 15.1 Å². The maximum Gasteiger partial charge on any atom is 0.435 e. The topological polar surface area (TPSA) is 154 Å². The fraction of sp³-hybridized carbons (Fsp3) is 0.130. The molecule has 36 heavy (non-hydrogen) atoms. The van der Waals surface area contributed by atoms with Gasteiger partial charge in [0.1, 0.15) is 17.6 Å². The Bertz CT molecular complexity index is 1590. The second-order valence-corrected chi connectivity index (χ2v) is 7.71. The third-order valence-electron chi connectivity index (χ3n) is 5.42. The lowest BCUT2D eigenvalue weighted by molar-refractivity contribution is -0.141. The van der Waals surface area contributed by atoms with Gasteiger partial charge in [-0.1, -0.05) is 0 Å². The maximum atomic E-state index is 14.2. The van der Waals surface area contributed by atoms with E-state index < -0.39 is 51.9 Å². The molecule has 3 aromatic heterocycles. The molecular weight excluding hydrogens is 482 g/mol. The predicted molar refractivity (Wildman–Crippen MR) is 118 cm³/mol. The molecule has 0 saturated carbocycles. The number of nitrogens with two attached hydrogens (primary N) is 2. The highest BCUT2D eigenvalue weighted by molar-refractivity contribution is 6.15. The largest absolute Gasteiger partial charge is 0.435 e. The highest BCUT2D eigenvalue weighted by atomic mass is 19.4. The van der Waals surface area contributed by atoms with E-state index in [0.717, 1.165) is 22.9 Å². The number of aromatic nitrogens is 4. The summed E-state index contributed by atoms with van der Waals surface area (Å²) in [6.07, 6.45) is -3.77. The van der Waals surface area contributed by atoms with Gasteiger partial charge in [-0.25, -0.2) is 9.37 Å². The van der Waals surface area contributed by atoms with Crippen molar-refractivity contribution in [1.29, 1.82) is 5.26 Å². The number of benzene rings is 1. The number of alkyl halides is 3. The van der Waals surface area contributed by atoms with Gasteiger partial charge in [0.05, 0.1) is 28.9 Å². The van der Waals surface area contributed by atoms with Crippen molar-refractivity contribution in [3.8, 4) is 17.2 Å². The van der Waals surface area contributed by atoms with Gasteiger partial charge in [-0.3, -0.25) is 19.3 Å². The Morgan fingerprint density at radius 1 is 1.11 bits per heavy atom. The summed E-state index contributed by atoms with van der Waals surface area (Å²) in [6.45, 7) is 1.07. The Hall–Kier alpha value is -4.86. The molecule has 3 heterocycles. The van der Waals surface area contributed by atoms with E-state index in [1.165, 1.54) is 25.3 Å². The molecule has 0 aliphatic heterocycles. The zero-order chi connectivity index (χ0) is 26.4. The normalized spacial score (nSPS) is 11.4. The molecule has 13 heteroatoms. The molecule has 4 N–H and O–H groups in total. The molecule has 0 atom stereocenters. The number of amides is 2. The lowest BCUT2D eigenvalue weighted by Gasteiger charge is -2.16. The Balaban J connectivity index is 2.07. The molecular formula is C23H15F4N7O2. The molecule has 0 saturated heterocycles. The molecule has 2 amide bonds. The number of hydrogen-bond donors (Lipinski definition) is 2. The number of nitriles is 1. The van der Waals surface area contributed by atoms with Crippen molar-refractivity contribution < 1.29 is 27.2 Å². The summed E-state index contributed by atoms with van der Waals surface area (Å²) in [6, 6.07) is 7.77. The number of rotatable bonds is 5. The first-order chi connectivity index (χ1) is 16.9. The Labute approximate surface area is 200 Å². The number of pyridine rings is 2. The summed E-state index contributed by atoms with van der Waals surface area (Å²) in [7, 11) is 0. The van der Waals surface area contributed by atoms with Crippen LogP contribution >= 0.6 is 0 Å². The SMILES string of the molecule is Cc1c(-c2c(C(N)=O)nc3cc(F)ccc3c2C(N)=O)c(C(F)(F)F)nn1Cc1ccc(C#N)cn1. The number of fused-ring (bicyclic) bond motifs is 1. The van der Waals surface area contributed by atoms with E-state index in [1.54, 1.807) is 0 Å². The minimum atomic E-state index is -5.02. The standard InChI is InChI=1S/C23H15F4N7O2/c1-10-16(20(23(25,26)27)33-34(10)9-13-4-2-11(7-28)8-31-13)18-17(21(29)35)14-5-3-12(24)6-15(14)32-19(18)22(30)36/h2-6,8H,9H2,1H3,(H2,29,35)(H2,30,36). The van der Waals surface area contributed by atoms with E-state index in [4.69, 9.17) is 16.7 Å². The van der Waals surface area contributed by atoms with Crippen LogP contribution in [0, 0.1) is 24.1 Å². The van der Waals surface area contributed by atoms with Crippen LogP contribution in [0.4, 0.5) is 17.6 Å². The number of carbonyl (C=O) groups is 2. The van der Waals surface area contributed by atoms with E-state index in [1.807, 2.05) is 6.07 Å². The fourth-order valence-corrected chi connectivity index (χ4v) is 3.85. The van der Waals surface area contributed by atoms with Crippen molar-refractivity contribution in [2.24, 2.45) is 11.5 Å². The number of hydrogen-bond acceptors (Lipinski definition) is 6. The van der Waals surface area contributed by atoms with Crippen LogP contribution in [-0.4, -0.2) is 31.6 Å². The van der Waals surface area contributed by atoms with Gasteiger partial charge in [-0.2, -0.15) is 23.5 Å². The van der Waals surface area contributed by atoms with Gasteiger partial charge >= 0.3 is 6.18 Å². The molecule has 0 fully saturated rings. The molecule has 0 aliphatic rings. The smallest absolute Gasteiger partial charge is 0.366 e. The molecule has 0 unspecified atom stereocenters. The van der Waals surface area contributed by atoms with Gasteiger partial charge in [0.15, 0.2) is 5.69 Å². The van der Waals surface area contributed by atoms with E-state index in [9.17, 15) is 27.2 Å². The van der Waals surface area contributed by atoms with E-state index in [-0.39, 0.29) is 34.4 Å². The van der Waals surface area contributed by atoms with Gasteiger partial charge < -0.3 is 11.5 Å².